The van der Waals surface area contributed by atoms with E-state index in [0.29, 0.717) is 18.0 Å². The van der Waals surface area contributed by atoms with Gasteiger partial charge in [0.2, 0.25) is 0 Å². The largest absolute Gasteiger partial charge is 0.395 e. The van der Waals surface area contributed by atoms with Crippen LogP contribution < -0.4 is 5.32 Å². The van der Waals surface area contributed by atoms with Crippen LogP contribution in [0.1, 0.15) is 12.0 Å². The number of hydrogen-bond acceptors (Lipinski definition) is 5. The molecule has 2 aromatic carbocycles. The van der Waals surface area contributed by atoms with Gasteiger partial charge in [-0.1, -0.05) is 41.6 Å². The summed E-state index contributed by atoms with van der Waals surface area (Å²) in [4.78, 5) is 0. The standard InChI is InChI=1S/C20H19ClN2O2S/c21-16-7-5-15(6-8-16)20-18-9-4-14(12-19(18)26-23-20)2-1-3-17(13-25)22-10-11-24/h4-9,12,17,22,24-25H,3,10-11,13H2. The normalized spacial score (nSPS) is 12.0. The number of aliphatic hydroxyl groups excluding tert-OH is 2. The molecule has 0 fully saturated rings. The van der Waals surface area contributed by atoms with Gasteiger partial charge in [0.15, 0.2) is 0 Å². The zero-order valence-corrected chi connectivity index (χ0v) is 15.6. The molecule has 3 aromatic rings. The first-order valence-electron chi connectivity index (χ1n) is 8.30. The van der Waals surface area contributed by atoms with Crippen molar-refractivity contribution in [1.82, 2.24) is 9.69 Å². The fourth-order valence-electron chi connectivity index (χ4n) is 2.58. The number of nitrogens with zero attached hydrogens (tertiary/aromatic N) is 1. The van der Waals surface area contributed by atoms with E-state index in [2.05, 4.69) is 21.5 Å². The number of nitrogens with one attached hydrogen (secondary N) is 1. The third-order valence-corrected chi connectivity index (χ3v) is 5.00. The molecule has 6 heteroatoms. The Balaban J connectivity index is 1.77. The molecule has 1 heterocycles. The monoisotopic (exact) mass is 386 g/mol. The minimum Gasteiger partial charge on any atom is -0.395 e. The summed E-state index contributed by atoms with van der Waals surface area (Å²) in [6.07, 6.45) is 0.521. The first-order chi connectivity index (χ1) is 12.7. The van der Waals surface area contributed by atoms with Gasteiger partial charge in [0.05, 0.1) is 23.6 Å². The molecule has 0 aliphatic carbocycles. The van der Waals surface area contributed by atoms with E-state index in [4.69, 9.17) is 16.7 Å². The number of fused-ring (bicyclic) bond motifs is 1. The molecule has 0 aliphatic rings. The molecule has 0 saturated carbocycles. The molecule has 134 valence electrons. The predicted octanol–water partition coefficient (Wildman–Crippen LogP) is 3.30. The van der Waals surface area contributed by atoms with Gasteiger partial charge in [0.1, 0.15) is 0 Å². The number of benzene rings is 2. The molecule has 1 aromatic heterocycles. The SMILES string of the molecule is OCCNC(CO)CC#Cc1ccc2c(-c3ccc(Cl)cc3)nsc2c1. The molecule has 0 spiro atoms. The number of aliphatic hydroxyl groups is 2. The van der Waals surface area contributed by atoms with Gasteiger partial charge in [-0.2, -0.15) is 4.37 Å². The summed E-state index contributed by atoms with van der Waals surface area (Å²) in [5.74, 6) is 6.22. The second kappa shape index (κ2) is 9.13. The van der Waals surface area contributed by atoms with Crippen LogP contribution in [0.2, 0.25) is 5.02 Å². The fraction of sp³-hybridized carbons (Fsp3) is 0.250. The Labute approximate surface area is 161 Å². The van der Waals surface area contributed by atoms with Crippen LogP contribution >= 0.6 is 23.1 Å². The highest BCUT2D eigenvalue weighted by molar-refractivity contribution is 7.13. The van der Waals surface area contributed by atoms with Crippen LogP contribution in [0.15, 0.2) is 42.5 Å². The van der Waals surface area contributed by atoms with Gasteiger partial charge in [-0.05, 0) is 35.8 Å². The average Bonchev–Trinajstić information content (AvgIpc) is 3.08. The Bertz CT molecular complexity index is 928. The number of halogens is 1. The lowest BCUT2D eigenvalue weighted by Crippen LogP contribution is -2.34. The van der Waals surface area contributed by atoms with E-state index in [1.165, 1.54) is 11.5 Å². The molecule has 26 heavy (non-hydrogen) atoms. The highest BCUT2D eigenvalue weighted by atomic mass is 35.5. The van der Waals surface area contributed by atoms with E-state index in [9.17, 15) is 5.11 Å². The van der Waals surface area contributed by atoms with Crippen molar-refractivity contribution in [2.45, 2.75) is 12.5 Å². The predicted molar refractivity (Wildman–Crippen MR) is 108 cm³/mol. The Morgan fingerprint density at radius 1 is 1.15 bits per heavy atom. The van der Waals surface area contributed by atoms with Crippen molar-refractivity contribution in [2.24, 2.45) is 0 Å². The molecule has 1 unspecified atom stereocenters. The maximum atomic E-state index is 9.29. The van der Waals surface area contributed by atoms with Crippen LogP contribution in [0.5, 0.6) is 0 Å². The van der Waals surface area contributed by atoms with Gasteiger partial charge in [-0.3, -0.25) is 0 Å². The Hall–Kier alpha value is -1.94. The first-order valence-corrected chi connectivity index (χ1v) is 9.45. The van der Waals surface area contributed by atoms with Crippen molar-refractivity contribution in [3.8, 4) is 23.1 Å². The van der Waals surface area contributed by atoms with Gasteiger partial charge < -0.3 is 15.5 Å². The summed E-state index contributed by atoms with van der Waals surface area (Å²) < 4.78 is 5.66. The second-order valence-corrected chi connectivity index (χ2v) is 7.05. The lowest BCUT2D eigenvalue weighted by atomic mass is 10.1. The summed E-state index contributed by atoms with van der Waals surface area (Å²) >= 11 is 7.41. The van der Waals surface area contributed by atoms with E-state index in [1.54, 1.807) is 0 Å². The third-order valence-electron chi connectivity index (χ3n) is 3.94. The first kappa shape index (κ1) is 18.8. The van der Waals surface area contributed by atoms with Crippen molar-refractivity contribution in [1.29, 1.82) is 0 Å². The molecule has 0 radical (unpaired) electrons. The van der Waals surface area contributed by atoms with Gasteiger partial charge in [-0.25, -0.2) is 0 Å². The maximum absolute atomic E-state index is 9.29. The molecule has 0 amide bonds. The topological polar surface area (TPSA) is 65.4 Å². The second-order valence-electron chi connectivity index (χ2n) is 5.81. The molecule has 0 bridgehead atoms. The Morgan fingerprint density at radius 3 is 2.69 bits per heavy atom. The quantitative estimate of drug-likeness (QED) is 0.569. The highest BCUT2D eigenvalue weighted by Gasteiger charge is 2.09. The zero-order valence-electron chi connectivity index (χ0n) is 14.1. The van der Waals surface area contributed by atoms with Crippen LogP contribution in [-0.2, 0) is 0 Å². The highest BCUT2D eigenvalue weighted by Crippen LogP contribution is 2.31. The third kappa shape index (κ3) is 4.61. The van der Waals surface area contributed by atoms with Gasteiger partial charge in [0.25, 0.3) is 0 Å². The van der Waals surface area contributed by atoms with Crippen molar-refractivity contribution >= 4 is 33.2 Å². The van der Waals surface area contributed by atoms with E-state index in [-0.39, 0.29) is 19.3 Å². The molecule has 1 atom stereocenters. The molecule has 4 nitrogen and oxygen atoms in total. The number of rotatable bonds is 6. The van der Waals surface area contributed by atoms with Crippen LogP contribution in [0.25, 0.3) is 21.3 Å². The van der Waals surface area contributed by atoms with E-state index >= 15 is 0 Å². The van der Waals surface area contributed by atoms with Gasteiger partial charge in [-0.15, -0.1) is 0 Å². The Morgan fingerprint density at radius 2 is 1.96 bits per heavy atom. The summed E-state index contributed by atoms with van der Waals surface area (Å²) in [5, 5.41) is 23.0. The lowest BCUT2D eigenvalue weighted by Gasteiger charge is -2.11. The van der Waals surface area contributed by atoms with Crippen LogP contribution in [-0.4, -0.2) is 40.4 Å². The summed E-state index contributed by atoms with van der Waals surface area (Å²) in [5.41, 5.74) is 2.91. The number of aromatic nitrogens is 1. The summed E-state index contributed by atoms with van der Waals surface area (Å²) in [6.45, 7) is 0.488. The zero-order chi connectivity index (χ0) is 18.4. The molecular formula is C20H19ClN2O2S. The summed E-state index contributed by atoms with van der Waals surface area (Å²) in [6, 6.07) is 13.6. The Kier molecular flexibility index (Phi) is 6.62. The van der Waals surface area contributed by atoms with Gasteiger partial charge >= 0.3 is 0 Å². The van der Waals surface area contributed by atoms with E-state index in [1.807, 2.05) is 42.5 Å². The van der Waals surface area contributed by atoms with Crippen LogP contribution in [0.4, 0.5) is 0 Å². The van der Waals surface area contributed by atoms with Gasteiger partial charge in [0, 0.05) is 40.5 Å². The van der Waals surface area contributed by atoms with E-state index < -0.39 is 0 Å². The molecule has 0 aliphatic heterocycles. The fourth-order valence-corrected chi connectivity index (χ4v) is 3.54. The van der Waals surface area contributed by atoms with Crippen molar-refractivity contribution in [3.63, 3.8) is 0 Å². The molecular weight excluding hydrogens is 368 g/mol. The van der Waals surface area contributed by atoms with E-state index in [0.717, 1.165) is 26.9 Å². The number of hydrogen-bond donors (Lipinski definition) is 3. The molecule has 0 saturated heterocycles. The summed E-state index contributed by atoms with van der Waals surface area (Å²) in [7, 11) is 0. The van der Waals surface area contributed by atoms with Crippen molar-refractivity contribution in [3.05, 3.63) is 53.1 Å². The minimum atomic E-state index is -0.127. The van der Waals surface area contributed by atoms with Crippen molar-refractivity contribution < 1.29 is 10.2 Å². The molecule has 3 rings (SSSR count). The van der Waals surface area contributed by atoms with Crippen molar-refractivity contribution in [2.75, 3.05) is 19.8 Å². The smallest absolute Gasteiger partial charge is 0.0919 e. The van der Waals surface area contributed by atoms with Crippen LogP contribution in [0.3, 0.4) is 0 Å². The lowest BCUT2D eigenvalue weighted by molar-refractivity contribution is 0.227. The average molecular weight is 387 g/mol. The molecule has 3 N–H and O–H groups in total. The minimum absolute atomic E-state index is 0.00693. The maximum Gasteiger partial charge on any atom is 0.0919 e. The van der Waals surface area contributed by atoms with Crippen LogP contribution in [0, 0.1) is 11.8 Å².